The summed E-state index contributed by atoms with van der Waals surface area (Å²) in [5.41, 5.74) is 1.60. The molecule has 3 rings (SSSR count). The van der Waals surface area contributed by atoms with Gasteiger partial charge in [0.25, 0.3) is 0 Å². The summed E-state index contributed by atoms with van der Waals surface area (Å²) in [4.78, 5) is 12.2. The van der Waals surface area contributed by atoms with Crippen LogP contribution < -0.4 is 28.4 Å². The molecule has 27 heavy (non-hydrogen) atoms. The van der Waals surface area contributed by atoms with E-state index in [9.17, 15) is 4.79 Å². The fourth-order valence-electron chi connectivity index (χ4n) is 3.36. The van der Waals surface area contributed by atoms with Crippen molar-refractivity contribution in [2.24, 2.45) is 0 Å². The quantitative estimate of drug-likeness (QED) is 0.568. The number of methoxy groups -OCH3 is 5. The van der Waals surface area contributed by atoms with E-state index < -0.39 is 0 Å². The number of ether oxygens (including phenoxy) is 6. The average molecular weight is 374 g/mol. The Kier molecular flexibility index (Phi) is 5.30. The third-order valence-corrected chi connectivity index (χ3v) is 4.58. The predicted octanol–water partition coefficient (Wildman–Crippen LogP) is 3.17. The Morgan fingerprint density at radius 2 is 1.48 bits per heavy atom. The molecule has 0 N–H and O–H groups in total. The molecule has 0 aliphatic carbocycles. The lowest BCUT2D eigenvalue weighted by molar-refractivity contribution is -0.135. The first-order valence-corrected chi connectivity index (χ1v) is 8.33. The van der Waals surface area contributed by atoms with E-state index in [0.29, 0.717) is 34.5 Å². The van der Waals surface area contributed by atoms with E-state index in [1.165, 1.54) is 14.2 Å². The van der Waals surface area contributed by atoms with Crippen LogP contribution in [0, 0.1) is 0 Å². The van der Waals surface area contributed by atoms with Crippen LogP contribution in [-0.2, 0) is 4.79 Å². The first-order chi connectivity index (χ1) is 13.1. The number of hydrogen-bond acceptors (Lipinski definition) is 7. The molecule has 0 saturated heterocycles. The van der Waals surface area contributed by atoms with Crippen molar-refractivity contribution in [2.75, 3.05) is 35.5 Å². The Bertz CT molecular complexity index is 860. The van der Waals surface area contributed by atoms with Gasteiger partial charge < -0.3 is 28.4 Å². The summed E-state index contributed by atoms with van der Waals surface area (Å²) < 4.78 is 32.6. The molecule has 0 amide bonds. The second-order valence-electron chi connectivity index (χ2n) is 5.90. The Morgan fingerprint density at radius 3 is 2.07 bits per heavy atom. The highest BCUT2D eigenvalue weighted by Crippen LogP contribution is 2.52. The van der Waals surface area contributed by atoms with Crippen LogP contribution in [0.15, 0.2) is 24.3 Å². The van der Waals surface area contributed by atoms with Crippen molar-refractivity contribution >= 4 is 5.97 Å². The number of carbonyl (C=O) groups is 1. The molecule has 1 atom stereocenters. The maximum Gasteiger partial charge on any atom is 0.312 e. The fourth-order valence-corrected chi connectivity index (χ4v) is 3.36. The van der Waals surface area contributed by atoms with Crippen molar-refractivity contribution in [3.63, 3.8) is 0 Å². The van der Waals surface area contributed by atoms with E-state index in [0.717, 1.165) is 11.1 Å². The SMILES string of the molecule is COc1ccc([C@H]2CC(=O)Oc3cc(OC)c(OC)c(OC)c32)cc1OC. The lowest BCUT2D eigenvalue weighted by atomic mass is 9.85. The van der Waals surface area contributed by atoms with Crippen molar-refractivity contribution < 1.29 is 33.2 Å². The van der Waals surface area contributed by atoms with E-state index >= 15 is 0 Å². The highest BCUT2D eigenvalue weighted by molar-refractivity contribution is 5.80. The molecule has 0 bridgehead atoms. The molecule has 0 radical (unpaired) electrons. The molecule has 1 aliphatic heterocycles. The van der Waals surface area contributed by atoms with Crippen molar-refractivity contribution in [3.8, 4) is 34.5 Å². The Morgan fingerprint density at radius 1 is 0.815 bits per heavy atom. The van der Waals surface area contributed by atoms with Gasteiger partial charge in [0.05, 0.1) is 42.0 Å². The van der Waals surface area contributed by atoms with Gasteiger partial charge in [-0.2, -0.15) is 0 Å². The molecular weight excluding hydrogens is 352 g/mol. The molecule has 1 aliphatic rings. The maximum atomic E-state index is 12.2. The van der Waals surface area contributed by atoms with Gasteiger partial charge in [0.1, 0.15) is 5.75 Å². The zero-order valence-corrected chi connectivity index (χ0v) is 16.0. The van der Waals surface area contributed by atoms with Gasteiger partial charge in [0, 0.05) is 17.5 Å². The van der Waals surface area contributed by atoms with E-state index in [1.54, 1.807) is 33.5 Å². The molecule has 0 spiro atoms. The van der Waals surface area contributed by atoms with Crippen LogP contribution in [0.5, 0.6) is 34.5 Å². The van der Waals surface area contributed by atoms with Crippen molar-refractivity contribution in [1.82, 2.24) is 0 Å². The first kappa shape index (κ1) is 18.7. The summed E-state index contributed by atoms with van der Waals surface area (Å²) in [5.74, 6) is 2.29. The summed E-state index contributed by atoms with van der Waals surface area (Å²) in [6, 6.07) is 7.19. The zero-order valence-electron chi connectivity index (χ0n) is 16.0. The Balaban J connectivity index is 2.22. The highest BCUT2D eigenvalue weighted by atomic mass is 16.5. The fraction of sp³-hybridized carbons (Fsp3) is 0.350. The molecule has 0 unspecified atom stereocenters. The van der Waals surface area contributed by atoms with Crippen LogP contribution in [0.4, 0.5) is 0 Å². The van der Waals surface area contributed by atoms with Gasteiger partial charge in [-0.1, -0.05) is 6.07 Å². The predicted molar refractivity (Wildman–Crippen MR) is 97.7 cm³/mol. The second-order valence-corrected chi connectivity index (χ2v) is 5.90. The molecule has 0 aromatic heterocycles. The third kappa shape index (κ3) is 3.20. The van der Waals surface area contributed by atoms with Crippen LogP contribution >= 0.6 is 0 Å². The van der Waals surface area contributed by atoms with E-state index in [-0.39, 0.29) is 18.3 Å². The lowest BCUT2D eigenvalue weighted by Crippen LogP contribution is -2.22. The molecule has 2 aromatic carbocycles. The van der Waals surface area contributed by atoms with E-state index in [2.05, 4.69) is 0 Å². The summed E-state index contributed by atoms with van der Waals surface area (Å²) >= 11 is 0. The number of esters is 1. The monoisotopic (exact) mass is 374 g/mol. The minimum absolute atomic E-state index is 0.161. The van der Waals surface area contributed by atoms with Gasteiger partial charge in [-0.15, -0.1) is 0 Å². The third-order valence-electron chi connectivity index (χ3n) is 4.58. The minimum Gasteiger partial charge on any atom is -0.493 e. The molecule has 0 fully saturated rings. The lowest BCUT2D eigenvalue weighted by Gasteiger charge is -2.28. The number of fused-ring (bicyclic) bond motifs is 1. The number of benzene rings is 2. The van der Waals surface area contributed by atoms with Crippen molar-refractivity contribution in [1.29, 1.82) is 0 Å². The molecule has 2 aromatic rings. The maximum absolute atomic E-state index is 12.2. The van der Waals surface area contributed by atoms with Gasteiger partial charge >= 0.3 is 5.97 Å². The van der Waals surface area contributed by atoms with Crippen molar-refractivity contribution in [2.45, 2.75) is 12.3 Å². The minimum atomic E-state index is -0.337. The number of carbonyl (C=O) groups excluding carboxylic acids is 1. The van der Waals surface area contributed by atoms with Crippen LogP contribution in [0.2, 0.25) is 0 Å². The summed E-state index contributed by atoms with van der Waals surface area (Å²) in [6.07, 6.45) is 0.161. The normalized spacial score (nSPS) is 15.4. The van der Waals surface area contributed by atoms with E-state index in [1.807, 2.05) is 12.1 Å². The second kappa shape index (κ2) is 7.65. The zero-order chi connectivity index (χ0) is 19.6. The summed E-state index contributed by atoms with van der Waals surface area (Å²) in [7, 11) is 7.73. The Labute approximate surface area is 157 Å². The molecule has 7 nitrogen and oxygen atoms in total. The average Bonchev–Trinajstić information content (AvgIpc) is 2.70. The number of rotatable bonds is 6. The van der Waals surface area contributed by atoms with Crippen LogP contribution in [0.25, 0.3) is 0 Å². The van der Waals surface area contributed by atoms with Gasteiger partial charge in [-0.25, -0.2) is 0 Å². The smallest absolute Gasteiger partial charge is 0.312 e. The van der Waals surface area contributed by atoms with Gasteiger partial charge in [-0.05, 0) is 17.7 Å². The highest BCUT2D eigenvalue weighted by Gasteiger charge is 2.35. The van der Waals surface area contributed by atoms with E-state index in [4.69, 9.17) is 28.4 Å². The summed E-state index contributed by atoms with van der Waals surface area (Å²) in [6.45, 7) is 0. The molecule has 7 heteroatoms. The summed E-state index contributed by atoms with van der Waals surface area (Å²) in [5, 5.41) is 0. The Hall–Kier alpha value is -3.09. The molecule has 1 heterocycles. The number of hydrogen-bond donors (Lipinski definition) is 0. The van der Waals surface area contributed by atoms with Crippen molar-refractivity contribution in [3.05, 3.63) is 35.4 Å². The van der Waals surface area contributed by atoms with Gasteiger partial charge in [-0.3, -0.25) is 4.79 Å². The molecular formula is C20H22O7. The van der Waals surface area contributed by atoms with Crippen LogP contribution in [0.3, 0.4) is 0 Å². The molecule has 144 valence electrons. The standard InChI is InChI=1S/C20H22O7/c1-22-13-7-6-11(8-14(13)23-2)12-9-17(21)27-15-10-16(24-3)19(25-4)20(26-5)18(12)15/h6-8,10,12H,9H2,1-5H3/t12-/m1/s1. The van der Waals surface area contributed by atoms with Gasteiger partial charge in [0.2, 0.25) is 5.75 Å². The topological polar surface area (TPSA) is 72.5 Å². The molecule has 0 saturated carbocycles. The van der Waals surface area contributed by atoms with Crippen LogP contribution in [-0.4, -0.2) is 41.5 Å². The van der Waals surface area contributed by atoms with Gasteiger partial charge in [0.15, 0.2) is 23.0 Å². The van der Waals surface area contributed by atoms with Crippen LogP contribution in [0.1, 0.15) is 23.5 Å². The largest absolute Gasteiger partial charge is 0.493 e. The first-order valence-electron chi connectivity index (χ1n) is 8.33.